The number of carbonyl (C=O) groups is 1. The van der Waals surface area contributed by atoms with Gasteiger partial charge in [0, 0.05) is 17.6 Å². The predicted octanol–water partition coefficient (Wildman–Crippen LogP) is 0.335. The van der Waals surface area contributed by atoms with Crippen LogP contribution in [-0.4, -0.2) is 21.0 Å². The molecule has 8 heteroatoms. The van der Waals surface area contributed by atoms with Crippen LogP contribution in [-0.2, 0) is 23.3 Å². The second kappa shape index (κ2) is 5.11. The molecule has 1 aromatic carbocycles. The molecule has 1 amide bonds. The maximum atomic E-state index is 11.6. The Morgan fingerprint density at radius 3 is 2.94 bits per heavy atom. The van der Waals surface area contributed by atoms with Gasteiger partial charge in [0.2, 0.25) is 6.41 Å². The van der Waals surface area contributed by atoms with E-state index in [1.807, 2.05) is 0 Å². The first-order valence-electron chi connectivity index (χ1n) is 5.07. The molecule has 18 heavy (non-hydrogen) atoms. The minimum absolute atomic E-state index is 0.0585. The number of aryl methyl sites for hydroxylation is 1. The highest BCUT2D eigenvalue weighted by atomic mass is 35.5. The Bertz CT molecular complexity index is 613. The van der Waals surface area contributed by atoms with Crippen LogP contribution in [0, 0.1) is 0 Å². The number of hydroxylamine groups is 1. The summed E-state index contributed by atoms with van der Waals surface area (Å²) >= 11 is 6.04. The number of nitrogens with zero attached hydrogens (tertiary/aromatic N) is 2. The Morgan fingerprint density at radius 2 is 2.33 bits per heavy atom. The van der Waals surface area contributed by atoms with Crippen LogP contribution in [0.15, 0.2) is 23.0 Å². The zero-order chi connectivity index (χ0) is 13.1. The van der Waals surface area contributed by atoms with Crippen molar-refractivity contribution in [2.24, 2.45) is 7.05 Å². The van der Waals surface area contributed by atoms with Crippen molar-refractivity contribution in [3.05, 3.63) is 39.3 Å². The molecule has 0 aliphatic rings. The number of halogens is 1. The highest BCUT2D eigenvalue weighted by molar-refractivity contribution is 6.31. The molecule has 0 aliphatic heterocycles. The fourth-order valence-corrected chi connectivity index (χ4v) is 1.77. The summed E-state index contributed by atoms with van der Waals surface area (Å²) in [5.74, 6) is 0. The Balaban J connectivity index is 2.36. The van der Waals surface area contributed by atoms with Crippen LogP contribution in [0.2, 0.25) is 5.02 Å². The number of hydrogen-bond donors (Lipinski definition) is 2. The highest BCUT2D eigenvalue weighted by Gasteiger charge is 2.14. The molecule has 0 radical (unpaired) electrons. The number of benzene rings is 1. The molecule has 0 saturated carbocycles. The molecular formula is C10H11ClN4O3. The fraction of sp³-hybridized carbons (Fsp3) is 0.200. The van der Waals surface area contributed by atoms with Crippen molar-refractivity contribution in [1.29, 1.82) is 0 Å². The van der Waals surface area contributed by atoms with Crippen molar-refractivity contribution in [1.82, 2.24) is 20.1 Å². The quantitative estimate of drug-likeness (QED) is 0.467. The molecule has 0 atom stereocenters. The van der Waals surface area contributed by atoms with Crippen molar-refractivity contribution >= 4 is 18.0 Å². The molecule has 0 saturated heterocycles. The first kappa shape index (κ1) is 12.5. The molecule has 0 unspecified atom stereocenters. The molecule has 96 valence electrons. The third-order valence-electron chi connectivity index (χ3n) is 2.41. The normalized spacial score (nSPS) is 10.6. The van der Waals surface area contributed by atoms with Gasteiger partial charge in [-0.15, -0.1) is 0 Å². The number of carbonyl (C=O) groups excluding carboxylic acids is 1. The molecule has 0 fully saturated rings. The summed E-state index contributed by atoms with van der Waals surface area (Å²) in [7, 11) is 1.60. The van der Waals surface area contributed by atoms with Crippen LogP contribution < -0.4 is 11.2 Å². The highest BCUT2D eigenvalue weighted by Crippen LogP contribution is 2.22. The Morgan fingerprint density at radius 1 is 1.56 bits per heavy atom. The summed E-state index contributed by atoms with van der Waals surface area (Å²) < 4.78 is 2.67. The van der Waals surface area contributed by atoms with Crippen molar-refractivity contribution < 1.29 is 9.63 Å². The lowest BCUT2D eigenvalue weighted by molar-refractivity contribution is -0.121. The van der Waals surface area contributed by atoms with Gasteiger partial charge in [-0.3, -0.25) is 9.63 Å². The lowest BCUT2D eigenvalue weighted by Gasteiger charge is -2.17. The van der Waals surface area contributed by atoms with Gasteiger partial charge in [0.25, 0.3) is 0 Å². The van der Waals surface area contributed by atoms with Gasteiger partial charge in [-0.25, -0.2) is 20.2 Å². The molecule has 1 aromatic heterocycles. The number of H-pyrrole nitrogens is 1. The molecule has 0 aliphatic carbocycles. The van der Waals surface area contributed by atoms with Crippen LogP contribution in [0.3, 0.4) is 0 Å². The molecule has 1 heterocycles. The van der Waals surface area contributed by atoms with Crippen LogP contribution in [0.5, 0.6) is 0 Å². The van der Waals surface area contributed by atoms with Gasteiger partial charge in [0.1, 0.15) is 6.61 Å². The van der Waals surface area contributed by atoms with Crippen LogP contribution in [0.1, 0.15) is 5.56 Å². The van der Waals surface area contributed by atoms with Crippen LogP contribution in [0.4, 0.5) is 0 Å². The van der Waals surface area contributed by atoms with Crippen molar-refractivity contribution in [3.8, 4) is 5.69 Å². The summed E-state index contributed by atoms with van der Waals surface area (Å²) in [5, 5.41) is 3.23. The Labute approximate surface area is 107 Å². The third-order valence-corrected chi connectivity index (χ3v) is 2.77. The van der Waals surface area contributed by atoms with E-state index < -0.39 is 0 Å². The molecular weight excluding hydrogens is 260 g/mol. The van der Waals surface area contributed by atoms with Crippen molar-refractivity contribution in [2.75, 3.05) is 0 Å². The average Bonchev–Trinajstić information content (AvgIpc) is 2.38. The van der Waals surface area contributed by atoms with Gasteiger partial charge in [0.15, 0.2) is 0 Å². The van der Waals surface area contributed by atoms with E-state index in [2.05, 4.69) is 10.7 Å². The molecule has 2 rings (SSSR count). The number of aromatic nitrogens is 3. The second-order valence-corrected chi connectivity index (χ2v) is 3.95. The van der Waals surface area contributed by atoms with E-state index >= 15 is 0 Å². The standard InChI is InChI=1S/C10H11ClN4O3/c1-14-10(17)15(13-14)9-4-2-3-8(11)7(9)5-18-12-6-16/h2-4,6,13H,5H2,1H3,(H,12,16). The van der Waals surface area contributed by atoms with E-state index in [0.29, 0.717) is 22.7 Å². The molecule has 0 bridgehead atoms. The first-order valence-corrected chi connectivity index (χ1v) is 5.45. The van der Waals surface area contributed by atoms with Crippen LogP contribution in [0.25, 0.3) is 5.69 Å². The van der Waals surface area contributed by atoms with Gasteiger partial charge in [0.05, 0.1) is 5.69 Å². The first-order chi connectivity index (χ1) is 8.65. The van der Waals surface area contributed by atoms with Gasteiger partial charge in [-0.05, 0) is 12.1 Å². The van der Waals surface area contributed by atoms with Crippen molar-refractivity contribution in [2.45, 2.75) is 6.61 Å². The van der Waals surface area contributed by atoms with Gasteiger partial charge >= 0.3 is 5.69 Å². The maximum Gasteiger partial charge on any atom is 0.364 e. The monoisotopic (exact) mass is 270 g/mol. The minimum Gasteiger partial charge on any atom is -0.277 e. The molecule has 2 aromatic rings. The lowest BCUT2D eigenvalue weighted by Crippen LogP contribution is -2.40. The van der Waals surface area contributed by atoms with Crippen molar-refractivity contribution in [3.63, 3.8) is 0 Å². The number of amides is 1. The predicted molar refractivity (Wildman–Crippen MR) is 64.4 cm³/mol. The van der Waals surface area contributed by atoms with E-state index in [1.54, 1.807) is 25.2 Å². The van der Waals surface area contributed by atoms with Gasteiger partial charge in [-0.2, -0.15) is 4.68 Å². The number of rotatable bonds is 5. The maximum absolute atomic E-state index is 11.6. The summed E-state index contributed by atoms with van der Waals surface area (Å²) in [6, 6.07) is 5.13. The average molecular weight is 271 g/mol. The zero-order valence-electron chi connectivity index (χ0n) is 9.51. The smallest absolute Gasteiger partial charge is 0.277 e. The van der Waals surface area contributed by atoms with Gasteiger partial charge < -0.3 is 0 Å². The number of hydrogen-bond acceptors (Lipinski definition) is 3. The number of nitrogens with one attached hydrogen (secondary N) is 2. The lowest BCUT2D eigenvalue weighted by atomic mass is 10.2. The van der Waals surface area contributed by atoms with E-state index in [-0.39, 0.29) is 12.3 Å². The molecule has 7 nitrogen and oxygen atoms in total. The van der Waals surface area contributed by atoms with E-state index in [0.717, 1.165) is 0 Å². The van der Waals surface area contributed by atoms with E-state index in [9.17, 15) is 9.59 Å². The van der Waals surface area contributed by atoms with E-state index in [4.69, 9.17) is 16.4 Å². The molecule has 2 N–H and O–H groups in total. The van der Waals surface area contributed by atoms with Gasteiger partial charge in [-0.1, -0.05) is 17.7 Å². The zero-order valence-corrected chi connectivity index (χ0v) is 10.3. The summed E-state index contributed by atoms with van der Waals surface area (Å²) in [6.07, 6.45) is 0.414. The SMILES string of the molecule is Cn1[nH]n(-c2cccc(Cl)c2CONC=O)c1=O. The summed E-state index contributed by atoms with van der Waals surface area (Å²) in [6.45, 7) is 0.0585. The topological polar surface area (TPSA) is 81.0 Å². The minimum atomic E-state index is -0.207. The largest absolute Gasteiger partial charge is 0.364 e. The number of aromatic amines is 1. The molecule has 0 spiro atoms. The Kier molecular flexibility index (Phi) is 3.54. The summed E-state index contributed by atoms with van der Waals surface area (Å²) in [5.41, 5.74) is 3.05. The third kappa shape index (κ3) is 2.18. The summed E-state index contributed by atoms with van der Waals surface area (Å²) in [4.78, 5) is 26.6. The van der Waals surface area contributed by atoms with E-state index in [1.165, 1.54) is 9.36 Å². The van der Waals surface area contributed by atoms with Crippen LogP contribution >= 0.6 is 11.6 Å². The fourth-order valence-electron chi connectivity index (χ4n) is 1.55. The second-order valence-electron chi connectivity index (χ2n) is 3.54. The Hall–Kier alpha value is -1.99.